The van der Waals surface area contributed by atoms with Crippen molar-refractivity contribution in [3.05, 3.63) is 29.6 Å². The van der Waals surface area contributed by atoms with Crippen molar-refractivity contribution >= 4 is 12.6 Å². The van der Waals surface area contributed by atoms with Gasteiger partial charge in [-0.05, 0) is 37.0 Å². The molecule has 3 nitrogen and oxygen atoms in total. The highest BCUT2D eigenvalue weighted by atomic mass is 19.1. The van der Waals surface area contributed by atoms with E-state index in [9.17, 15) is 9.50 Å². The van der Waals surface area contributed by atoms with Crippen molar-refractivity contribution in [3.63, 3.8) is 0 Å². The second-order valence-corrected chi connectivity index (χ2v) is 3.66. The summed E-state index contributed by atoms with van der Waals surface area (Å²) in [5.74, 6) is -0.522. The minimum absolute atomic E-state index is 0.110. The number of hydrogen-bond acceptors (Lipinski definition) is 3. The zero-order valence-corrected chi connectivity index (χ0v) is 8.03. The molecular formula is C9H12BFO3. The quantitative estimate of drug-likeness (QED) is 0.573. The molecule has 1 aromatic rings. The fourth-order valence-electron chi connectivity index (χ4n) is 1.28. The Bertz CT molecular complexity index is 333. The fraction of sp³-hybridized carbons (Fsp3) is 0.333. The van der Waals surface area contributed by atoms with Crippen LogP contribution in [0.15, 0.2) is 18.2 Å². The Labute approximate surface area is 82.0 Å². The van der Waals surface area contributed by atoms with Crippen molar-refractivity contribution in [2.24, 2.45) is 0 Å². The number of hydrogen-bond donors (Lipinski definition) is 3. The topological polar surface area (TPSA) is 60.7 Å². The molecule has 0 radical (unpaired) electrons. The van der Waals surface area contributed by atoms with Crippen molar-refractivity contribution in [3.8, 4) is 0 Å². The standard InChI is InChI=1S/C9H12BFO3/c1-9(2,12)7-5-6(11)3-4-8(7)10(13)14/h3-5,12-14H,1-2H3. The molecule has 0 aliphatic rings. The third-order valence-corrected chi connectivity index (χ3v) is 1.95. The molecule has 0 aliphatic carbocycles. The summed E-state index contributed by atoms with van der Waals surface area (Å²) < 4.78 is 12.9. The van der Waals surface area contributed by atoms with Gasteiger partial charge in [-0.1, -0.05) is 6.07 Å². The number of aliphatic hydroxyl groups is 1. The highest BCUT2D eigenvalue weighted by molar-refractivity contribution is 6.59. The van der Waals surface area contributed by atoms with Crippen LogP contribution in [-0.4, -0.2) is 22.3 Å². The van der Waals surface area contributed by atoms with Crippen LogP contribution in [0.4, 0.5) is 4.39 Å². The Balaban J connectivity index is 3.30. The van der Waals surface area contributed by atoms with Crippen LogP contribution in [0.1, 0.15) is 19.4 Å². The summed E-state index contributed by atoms with van der Waals surface area (Å²) >= 11 is 0. The molecule has 76 valence electrons. The minimum atomic E-state index is -1.71. The third-order valence-electron chi connectivity index (χ3n) is 1.95. The first-order chi connectivity index (χ1) is 6.32. The van der Waals surface area contributed by atoms with E-state index in [1.165, 1.54) is 19.9 Å². The maximum Gasteiger partial charge on any atom is 0.488 e. The van der Waals surface area contributed by atoms with Crippen LogP contribution >= 0.6 is 0 Å². The molecule has 0 saturated carbocycles. The van der Waals surface area contributed by atoms with Gasteiger partial charge in [0.1, 0.15) is 5.82 Å². The Morgan fingerprint density at radius 2 is 1.86 bits per heavy atom. The van der Waals surface area contributed by atoms with E-state index in [1.54, 1.807) is 0 Å². The molecule has 0 saturated heterocycles. The predicted octanol–water partition coefficient (Wildman–Crippen LogP) is -0.267. The van der Waals surface area contributed by atoms with Crippen molar-refractivity contribution in [2.45, 2.75) is 19.4 Å². The lowest BCUT2D eigenvalue weighted by Crippen LogP contribution is -2.38. The Kier molecular flexibility index (Phi) is 2.94. The first kappa shape index (κ1) is 11.2. The Hall–Kier alpha value is -0.905. The highest BCUT2D eigenvalue weighted by Crippen LogP contribution is 2.18. The highest BCUT2D eigenvalue weighted by Gasteiger charge is 2.25. The van der Waals surface area contributed by atoms with Gasteiger partial charge in [-0.3, -0.25) is 0 Å². The minimum Gasteiger partial charge on any atom is -0.423 e. The summed E-state index contributed by atoms with van der Waals surface area (Å²) in [6.07, 6.45) is 0. The van der Waals surface area contributed by atoms with Crippen LogP contribution in [0, 0.1) is 5.82 Å². The van der Waals surface area contributed by atoms with Crippen LogP contribution in [0.2, 0.25) is 0 Å². The van der Waals surface area contributed by atoms with Crippen molar-refractivity contribution in [1.29, 1.82) is 0 Å². The normalized spacial score (nSPS) is 11.6. The molecule has 1 aromatic carbocycles. The molecule has 0 bridgehead atoms. The largest absolute Gasteiger partial charge is 0.488 e. The molecule has 0 unspecified atom stereocenters. The van der Waals surface area contributed by atoms with E-state index in [1.807, 2.05) is 0 Å². The molecule has 0 amide bonds. The number of rotatable bonds is 2. The average Bonchev–Trinajstić information content (AvgIpc) is 2.01. The number of benzene rings is 1. The van der Waals surface area contributed by atoms with E-state index in [4.69, 9.17) is 10.0 Å². The zero-order valence-electron chi connectivity index (χ0n) is 8.03. The molecule has 14 heavy (non-hydrogen) atoms. The summed E-state index contributed by atoms with van der Waals surface area (Å²) in [5, 5.41) is 27.6. The van der Waals surface area contributed by atoms with Gasteiger partial charge in [0.05, 0.1) is 5.60 Å². The smallest absolute Gasteiger partial charge is 0.423 e. The summed E-state index contributed by atoms with van der Waals surface area (Å²) in [6.45, 7) is 2.90. The van der Waals surface area contributed by atoms with Gasteiger partial charge in [-0.15, -0.1) is 0 Å². The third kappa shape index (κ3) is 2.32. The lowest BCUT2D eigenvalue weighted by Gasteiger charge is -2.21. The molecule has 5 heteroatoms. The van der Waals surface area contributed by atoms with Crippen molar-refractivity contribution < 1.29 is 19.5 Å². The van der Waals surface area contributed by atoms with E-state index < -0.39 is 18.5 Å². The van der Waals surface area contributed by atoms with E-state index in [-0.39, 0.29) is 11.0 Å². The molecule has 0 aliphatic heterocycles. The Morgan fingerprint density at radius 1 is 1.29 bits per heavy atom. The maximum absolute atomic E-state index is 12.9. The lowest BCUT2D eigenvalue weighted by atomic mass is 9.73. The lowest BCUT2D eigenvalue weighted by molar-refractivity contribution is 0.0790. The fourth-order valence-corrected chi connectivity index (χ4v) is 1.28. The van der Waals surface area contributed by atoms with Crippen LogP contribution in [0.5, 0.6) is 0 Å². The molecule has 0 fully saturated rings. The van der Waals surface area contributed by atoms with Crippen LogP contribution in [-0.2, 0) is 5.60 Å². The van der Waals surface area contributed by atoms with Gasteiger partial charge in [0, 0.05) is 0 Å². The predicted molar refractivity (Wildman–Crippen MR) is 51.5 cm³/mol. The first-order valence-corrected chi connectivity index (χ1v) is 4.21. The molecule has 1 rings (SSSR count). The Morgan fingerprint density at radius 3 is 2.29 bits per heavy atom. The second-order valence-electron chi connectivity index (χ2n) is 3.66. The van der Waals surface area contributed by atoms with Gasteiger partial charge < -0.3 is 15.2 Å². The van der Waals surface area contributed by atoms with Crippen molar-refractivity contribution in [2.75, 3.05) is 0 Å². The second kappa shape index (κ2) is 3.69. The summed E-state index contributed by atoms with van der Waals surface area (Å²) in [6, 6.07) is 3.45. The van der Waals surface area contributed by atoms with Crippen LogP contribution < -0.4 is 5.46 Å². The monoisotopic (exact) mass is 198 g/mol. The molecule has 0 spiro atoms. The van der Waals surface area contributed by atoms with Crippen LogP contribution in [0.3, 0.4) is 0 Å². The summed E-state index contributed by atoms with van der Waals surface area (Å²) in [7, 11) is -1.71. The van der Waals surface area contributed by atoms with Crippen LogP contribution in [0.25, 0.3) is 0 Å². The van der Waals surface area contributed by atoms with Gasteiger partial charge in [0.15, 0.2) is 0 Å². The SMILES string of the molecule is CC(C)(O)c1cc(F)ccc1B(O)O. The molecule has 0 aromatic heterocycles. The van der Waals surface area contributed by atoms with Gasteiger partial charge in [0.2, 0.25) is 0 Å². The van der Waals surface area contributed by atoms with Gasteiger partial charge in [0.25, 0.3) is 0 Å². The van der Waals surface area contributed by atoms with E-state index in [0.717, 1.165) is 12.1 Å². The van der Waals surface area contributed by atoms with Crippen molar-refractivity contribution in [1.82, 2.24) is 0 Å². The van der Waals surface area contributed by atoms with E-state index in [2.05, 4.69) is 0 Å². The summed E-state index contributed by atoms with van der Waals surface area (Å²) in [4.78, 5) is 0. The van der Waals surface area contributed by atoms with Gasteiger partial charge in [-0.25, -0.2) is 4.39 Å². The average molecular weight is 198 g/mol. The molecule has 0 heterocycles. The van der Waals surface area contributed by atoms with E-state index >= 15 is 0 Å². The van der Waals surface area contributed by atoms with E-state index in [0.29, 0.717) is 0 Å². The molecule has 3 N–H and O–H groups in total. The summed E-state index contributed by atoms with van der Waals surface area (Å²) in [5.41, 5.74) is -1.02. The number of halogens is 1. The molecular weight excluding hydrogens is 186 g/mol. The van der Waals surface area contributed by atoms with Gasteiger partial charge >= 0.3 is 7.12 Å². The first-order valence-electron chi connectivity index (χ1n) is 4.21. The maximum atomic E-state index is 12.9. The zero-order chi connectivity index (χ0) is 10.9. The van der Waals surface area contributed by atoms with Gasteiger partial charge in [-0.2, -0.15) is 0 Å². The molecule has 0 atom stereocenters.